The highest BCUT2D eigenvalue weighted by molar-refractivity contribution is 7.92. The second kappa shape index (κ2) is 13.0. The normalized spacial score (nSPS) is 33.6. The molecule has 9 heteroatoms. The number of sulfone groups is 1. The van der Waals surface area contributed by atoms with Crippen LogP contribution in [-0.4, -0.2) is 92.5 Å². The van der Waals surface area contributed by atoms with Crippen LogP contribution >= 0.6 is 0 Å². The van der Waals surface area contributed by atoms with E-state index in [4.69, 9.17) is 4.74 Å². The van der Waals surface area contributed by atoms with Crippen LogP contribution in [0.25, 0.3) is 0 Å². The van der Waals surface area contributed by atoms with Crippen LogP contribution < -0.4 is 5.32 Å². The highest BCUT2D eigenvalue weighted by Crippen LogP contribution is 2.36. The smallest absolute Gasteiger partial charge is 0.225 e. The Bertz CT molecular complexity index is 901. The minimum absolute atomic E-state index is 0.0845. The second-order valence-corrected chi connectivity index (χ2v) is 15.2. The van der Waals surface area contributed by atoms with Gasteiger partial charge in [-0.05, 0) is 95.3 Å². The van der Waals surface area contributed by atoms with E-state index < -0.39 is 9.84 Å². The molecular formula is C29H49N3O5S. The minimum Gasteiger partial charge on any atom is -0.379 e. The second-order valence-electron chi connectivity index (χ2n) is 12.8. The Labute approximate surface area is 229 Å². The van der Waals surface area contributed by atoms with Crippen LogP contribution in [0.3, 0.4) is 0 Å². The van der Waals surface area contributed by atoms with Crippen molar-refractivity contribution in [2.24, 2.45) is 17.8 Å². The standard InChI is InChI=1S/C29H49N3O5S/c33-28(19-22-6-12-27(13-7-22)38(35,36)21-23-4-5-23)30-25-10-8-24(9-11-25)29(34)32-14-2-1-3-26(32)20-31-15-17-37-18-16-31/h22-27H,1-21H2,(H,30,33). The van der Waals surface area contributed by atoms with Gasteiger partial charge in [0.05, 0.1) is 24.2 Å². The lowest BCUT2D eigenvalue weighted by Gasteiger charge is -2.42. The van der Waals surface area contributed by atoms with Gasteiger partial charge >= 0.3 is 0 Å². The molecule has 38 heavy (non-hydrogen) atoms. The Morgan fingerprint density at radius 3 is 2.16 bits per heavy atom. The molecule has 3 aliphatic carbocycles. The predicted molar refractivity (Wildman–Crippen MR) is 147 cm³/mol. The number of hydrogen-bond donors (Lipinski definition) is 1. The van der Waals surface area contributed by atoms with Gasteiger partial charge in [-0.1, -0.05) is 0 Å². The fraction of sp³-hybridized carbons (Fsp3) is 0.931. The van der Waals surface area contributed by atoms with Gasteiger partial charge in [-0.3, -0.25) is 14.5 Å². The average molecular weight is 552 g/mol. The Hall–Kier alpha value is -1.19. The maximum Gasteiger partial charge on any atom is 0.225 e. The molecule has 216 valence electrons. The SMILES string of the molecule is O=C(CC1CCC(S(=O)(=O)CC2CC2)CC1)NC1CCC(C(=O)N2CCCCC2CN2CCOCC2)CC1. The largest absolute Gasteiger partial charge is 0.379 e. The van der Waals surface area contributed by atoms with Gasteiger partial charge in [-0.2, -0.15) is 0 Å². The number of piperidine rings is 1. The van der Waals surface area contributed by atoms with Crippen LogP contribution in [0.5, 0.6) is 0 Å². The van der Waals surface area contributed by atoms with Crippen LogP contribution in [0.15, 0.2) is 0 Å². The zero-order valence-corrected chi connectivity index (χ0v) is 24.0. The molecule has 0 aromatic carbocycles. The Balaban J connectivity index is 1.01. The minimum atomic E-state index is -2.97. The van der Waals surface area contributed by atoms with Crippen LogP contribution in [0.1, 0.15) is 89.9 Å². The van der Waals surface area contributed by atoms with E-state index in [2.05, 4.69) is 15.1 Å². The molecule has 3 saturated carbocycles. The first-order valence-corrected chi connectivity index (χ1v) is 17.2. The first-order chi connectivity index (χ1) is 18.4. The van der Waals surface area contributed by atoms with E-state index in [1.165, 1.54) is 6.42 Å². The van der Waals surface area contributed by atoms with Crippen molar-refractivity contribution in [1.29, 1.82) is 0 Å². The number of morpholine rings is 1. The molecule has 2 aliphatic heterocycles. The summed E-state index contributed by atoms with van der Waals surface area (Å²) in [5.41, 5.74) is 0. The summed E-state index contributed by atoms with van der Waals surface area (Å²) >= 11 is 0. The van der Waals surface area contributed by atoms with Crippen molar-refractivity contribution >= 4 is 21.7 Å². The van der Waals surface area contributed by atoms with Gasteiger partial charge in [0.1, 0.15) is 0 Å². The number of rotatable bonds is 9. The highest BCUT2D eigenvalue weighted by atomic mass is 32.2. The van der Waals surface area contributed by atoms with Crippen LogP contribution in [0.4, 0.5) is 0 Å². The van der Waals surface area contributed by atoms with Gasteiger partial charge in [0.2, 0.25) is 11.8 Å². The highest BCUT2D eigenvalue weighted by Gasteiger charge is 2.37. The molecule has 1 atom stereocenters. The molecule has 1 unspecified atom stereocenters. The maximum absolute atomic E-state index is 13.5. The summed E-state index contributed by atoms with van der Waals surface area (Å²) in [6.45, 7) is 5.36. The fourth-order valence-electron chi connectivity index (χ4n) is 7.27. The monoisotopic (exact) mass is 551 g/mol. The average Bonchev–Trinajstić information content (AvgIpc) is 3.73. The first-order valence-electron chi connectivity index (χ1n) is 15.5. The molecule has 0 radical (unpaired) electrons. The van der Waals surface area contributed by atoms with Crippen molar-refractivity contribution in [3.63, 3.8) is 0 Å². The summed E-state index contributed by atoms with van der Waals surface area (Å²) in [7, 11) is -2.97. The Kier molecular flexibility index (Phi) is 9.68. The molecule has 0 bridgehead atoms. The summed E-state index contributed by atoms with van der Waals surface area (Å²) in [6, 6.07) is 0.484. The van der Waals surface area contributed by atoms with E-state index >= 15 is 0 Å². The van der Waals surface area contributed by atoms with E-state index in [-0.39, 0.29) is 23.1 Å². The van der Waals surface area contributed by atoms with Crippen LogP contribution in [0, 0.1) is 17.8 Å². The summed E-state index contributed by atoms with van der Waals surface area (Å²) in [4.78, 5) is 30.9. The van der Waals surface area contributed by atoms with Gasteiger partial charge in [0, 0.05) is 50.6 Å². The zero-order valence-electron chi connectivity index (χ0n) is 23.2. The molecule has 0 spiro atoms. The van der Waals surface area contributed by atoms with E-state index in [0.717, 1.165) is 104 Å². The number of nitrogens with one attached hydrogen (secondary N) is 1. The number of nitrogens with zero attached hydrogens (tertiary/aromatic N) is 2. The Morgan fingerprint density at radius 2 is 1.47 bits per heavy atom. The zero-order chi connectivity index (χ0) is 26.5. The van der Waals surface area contributed by atoms with E-state index in [9.17, 15) is 18.0 Å². The number of hydrogen-bond acceptors (Lipinski definition) is 6. The number of likely N-dealkylation sites (tertiary alicyclic amines) is 1. The lowest BCUT2D eigenvalue weighted by molar-refractivity contribution is -0.141. The first kappa shape index (κ1) is 28.3. The molecule has 2 amide bonds. The van der Waals surface area contributed by atoms with Gasteiger partial charge in [0.15, 0.2) is 9.84 Å². The Morgan fingerprint density at radius 1 is 0.789 bits per heavy atom. The van der Waals surface area contributed by atoms with Gasteiger partial charge < -0.3 is 15.0 Å². The molecule has 5 rings (SSSR count). The molecule has 5 aliphatic rings. The summed E-state index contributed by atoms with van der Waals surface area (Å²) in [6.07, 6.45) is 12.6. The van der Waals surface area contributed by atoms with Gasteiger partial charge in [0.25, 0.3) is 0 Å². The van der Waals surface area contributed by atoms with E-state index in [1.54, 1.807) is 0 Å². The van der Waals surface area contributed by atoms with Crippen molar-refractivity contribution in [3.05, 3.63) is 0 Å². The number of amides is 2. The third kappa shape index (κ3) is 7.72. The molecule has 5 fully saturated rings. The lowest BCUT2D eigenvalue weighted by atomic mass is 9.83. The van der Waals surface area contributed by atoms with Crippen molar-refractivity contribution in [2.45, 2.75) is 107 Å². The predicted octanol–water partition coefficient (Wildman–Crippen LogP) is 3.15. The van der Waals surface area contributed by atoms with Crippen LogP contribution in [-0.2, 0) is 24.2 Å². The number of carbonyl (C=O) groups excluding carboxylic acids is 2. The van der Waals surface area contributed by atoms with E-state index in [1.807, 2.05) is 0 Å². The quantitative estimate of drug-likeness (QED) is 0.473. The van der Waals surface area contributed by atoms with Crippen molar-refractivity contribution in [3.8, 4) is 0 Å². The summed E-state index contributed by atoms with van der Waals surface area (Å²) in [5.74, 6) is 1.60. The summed E-state index contributed by atoms with van der Waals surface area (Å²) in [5, 5.41) is 3.05. The molecule has 1 N–H and O–H groups in total. The molecule has 2 heterocycles. The molecular weight excluding hydrogens is 502 g/mol. The van der Waals surface area contributed by atoms with Crippen molar-refractivity contribution in [2.75, 3.05) is 45.1 Å². The number of carbonyl (C=O) groups is 2. The van der Waals surface area contributed by atoms with E-state index in [0.29, 0.717) is 48.8 Å². The van der Waals surface area contributed by atoms with Gasteiger partial charge in [-0.15, -0.1) is 0 Å². The third-order valence-electron chi connectivity index (χ3n) is 9.87. The van der Waals surface area contributed by atoms with Crippen molar-refractivity contribution < 1.29 is 22.7 Å². The van der Waals surface area contributed by atoms with Crippen molar-refractivity contribution in [1.82, 2.24) is 15.1 Å². The topological polar surface area (TPSA) is 96.0 Å². The maximum atomic E-state index is 13.5. The molecule has 0 aromatic heterocycles. The third-order valence-corrected chi connectivity index (χ3v) is 12.3. The molecule has 8 nitrogen and oxygen atoms in total. The lowest BCUT2D eigenvalue weighted by Crippen LogP contribution is -2.53. The molecule has 0 aromatic rings. The van der Waals surface area contributed by atoms with Crippen LogP contribution in [0.2, 0.25) is 0 Å². The number of ether oxygens (including phenoxy) is 1. The van der Waals surface area contributed by atoms with Gasteiger partial charge in [-0.25, -0.2) is 8.42 Å². The fourth-order valence-corrected chi connectivity index (χ4v) is 9.53. The summed E-state index contributed by atoms with van der Waals surface area (Å²) < 4.78 is 30.7. The molecule has 2 saturated heterocycles.